The van der Waals surface area contributed by atoms with Crippen molar-refractivity contribution in [1.29, 1.82) is 0 Å². The molecule has 0 fully saturated rings. The van der Waals surface area contributed by atoms with Crippen molar-refractivity contribution in [3.05, 3.63) is 53.6 Å². The number of hydrogen-bond donors (Lipinski definition) is 2. The second-order valence-electron chi connectivity index (χ2n) is 5.47. The van der Waals surface area contributed by atoms with Gasteiger partial charge >= 0.3 is 0 Å². The Hall–Kier alpha value is -1.89. The van der Waals surface area contributed by atoms with Gasteiger partial charge in [-0.15, -0.1) is 0 Å². The molecule has 23 heavy (non-hydrogen) atoms. The van der Waals surface area contributed by atoms with Crippen molar-refractivity contribution >= 4 is 33.0 Å². The zero-order valence-corrected chi connectivity index (χ0v) is 14.1. The van der Waals surface area contributed by atoms with Gasteiger partial charge in [-0.1, -0.05) is 29.8 Å². The standard InChI is InChI=1S/C16H16ClNO4S/c1-16(2,20)15(19)18-14-9-8-12(10-13(14)17)23(21,22)11-6-4-3-5-7-11/h3-10,20H,1-2H3,(H,18,19). The van der Waals surface area contributed by atoms with Gasteiger partial charge in [0.1, 0.15) is 5.60 Å². The Labute approximate surface area is 139 Å². The summed E-state index contributed by atoms with van der Waals surface area (Å²) in [4.78, 5) is 11.9. The summed E-state index contributed by atoms with van der Waals surface area (Å²) in [6, 6.07) is 12.0. The van der Waals surface area contributed by atoms with Crippen molar-refractivity contribution in [2.24, 2.45) is 0 Å². The molecule has 0 heterocycles. The molecule has 0 saturated heterocycles. The van der Waals surface area contributed by atoms with E-state index in [1.807, 2.05) is 0 Å². The summed E-state index contributed by atoms with van der Waals surface area (Å²) in [6.07, 6.45) is 0. The quantitative estimate of drug-likeness (QED) is 0.885. The molecule has 5 nitrogen and oxygen atoms in total. The number of sulfone groups is 1. The third kappa shape index (κ3) is 3.90. The lowest BCUT2D eigenvalue weighted by Crippen LogP contribution is -2.36. The normalized spacial score (nSPS) is 12.0. The number of carbonyl (C=O) groups is 1. The maximum Gasteiger partial charge on any atom is 0.255 e. The fourth-order valence-corrected chi connectivity index (χ4v) is 3.38. The molecule has 2 rings (SSSR count). The smallest absolute Gasteiger partial charge is 0.255 e. The lowest BCUT2D eigenvalue weighted by atomic mass is 10.1. The number of halogens is 1. The minimum Gasteiger partial charge on any atom is -0.381 e. The molecule has 0 bridgehead atoms. The molecule has 0 unspecified atom stereocenters. The number of amides is 1. The van der Waals surface area contributed by atoms with Crippen LogP contribution < -0.4 is 5.32 Å². The summed E-state index contributed by atoms with van der Waals surface area (Å²) in [5, 5.41) is 12.1. The summed E-state index contributed by atoms with van der Waals surface area (Å²) < 4.78 is 25.0. The van der Waals surface area contributed by atoms with E-state index in [0.717, 1.165) is 0 Å². The van der Waals surface area contributed by atoms with Gasteiger partial charge in [-0.3, -0.25) is 4.79 Å². The van der Waals surface area contributed by atoms with Crippen molar-refractivity contribution in [3.8, 4) is 0 Å². The number of nitrogens with one attached hydrogen (secondary N) is 1. The fraction of sp³-hybridized carbons (Fsp3) is 0.188. The van der Waals surface area contributed by atoms with Crippen molar-refractivity contribution in [1.82, 2.24) is 0 Å². The molecule has 2 N–H and O–H groups in total. The molecular formula is C16H16ClNO4S. The minimum atomic E-state index is -3.68. The highest BCUT2D eigenvalue weighted by Crippen LogP contribution is 2.29. The van der Waals surface area contributed by atoms with E-state index in [4.69, 9.17) is 11.6 Å². The largest absolute Gasteiger partial charge is 0.381 e. The van der Waals surface area contributed by atoms with Crippen molar-refractivity contribution in [2.45, 2.75) is 29.2 Å². The fourth-order valence-electron chi connectivity index (χ4n) is 1.78. The number of aliphatic hydroxyl groups is 1. The first-order valence-corrected chi connectivity index (χ1v) is 8.62. The third-order valence-electron chi connectivity index (χ3n) is 3.11. The van der Waals surface area contributed by atoms with E-state index in [1.165, 1.54) is 44.2 Å². The Bertz CT molecular complexity index is 827. The van der Waals surface area contributed by atoms with Crippen LogP contribution in [0.25, 0.3) is 0 Å². The highest BCUT2D eigenvalue weighted by atomic mass is 35.5. The van der Waals surface area contributed by atoms with Gasteiger partial charge < -0.3 is 10.4 Å². The van der Waals surface area contributed by atoms with Crippen LogP contribution in [0.1, 0.15) is 13.8 Å². The van der Waals surface area contributed by atoms with E-state index in [9.17, 15) is 18.3 Å². The molecule has 0 radical (unpaired) electrons. The second kappa shape index (κ2) is 6.31. The van der Waals surface area contributed by atoms with Crippen LogP contribution in [0, 0.1) is 0 Å². The Morgan fingerprint density at radius 3 is 2.22 bits per heavy atom. The SMILES string of the molecule is CC(C)(O)C(=O)Nc1ccc(S(=O)(=O)c2ccccc2)cc1Cl. The molecule has 0 aromatic heterocycles. The highest BCUT2D eigenvalue weighted by Gasteiger charge is 2.25. The zero-order valence-electron chi connectivity index (χ0n) is 12.6. The van der Waals surface area contributed by atoms with Crippen LogP contribution in [0.5, 0.6) is 0 Å². The lowest BCUT2D eigenvalue weighted by molar-refractivity contribution is -0.130. The van der Waals surface area contributed by atoms with Gasteiger partial charge in [0.25, 0.3) is 5.91 Å². The van der Waals surface area contributed by atoms with E-state index in [2.05, 4.69) is 5.32 Å². The average Bonchev–Trinajstić information content (AvgIpc) is 2.49. The molecule has 2 aromatic carbocycles. The van der Waals surface area contributed by atoms with E-state index < -0.39 is 21.3 Å². The number of carbonyl (C=O) groups excluding carboxylic acids is 1. The molecule has 2 aromatic rings. The van der Waals surface area contributed by atoms with Gasteiger partial charge in [0.05, 0.1) is 20.5 Å². The molecule has 0 aliphatic rings. The van der Waals surface area contributed by atoms with E-state index in [0.29, 0.717) is 0 Å². The van der Waals surface area contributed by atoms with Crippen molar-refractivity contribution in [2.75, 3.05) is 5.32 Å². The van der Waals surface area contributed by atoms with Gasteiger partial charge in [-0.2, -0.15) is 0 Å². The van der Waals surface area contributed by atoms with Gasteiger partial charge in [-0.05, 0) is 44.2 Å². The molecule has 7 heteroatoms. The first kappa shape index (κ1) is 17.5. The van der Waals surface area contributed by atoms with Gasteiger partial charge in [-0.25, -0.2) is 8.42 Å². The number of hydrogen-bond acceptors (Lipinski definition) is 4. The topological polar surface area (TPSA) is 83.5 Å². The first-order valence-electron chi connectivity index (χ1n) is 6.76. The Balaban J connectivity index is 2.35. The molecular weight excluding hydrogens is 338 g/mol. The molecule has 0 aliphatic heterocycles. The van der Waals surface area contributed by atoms with Crippen LogP contribution in [-0.4, -0.2) is 25.0 Å². The van der Waals surface area contributed by atoms with Gasteiger partial charge in [0.2, 0.25) is 9.84 Å². The van der Waals surface area contributed by atoms with Crippen LogP contribution in [0.2, 0.25) is 5.02 Å². The van der Waals surface area contributed by atoms with Crippen molar-refractivity contribution < 1.29 is 18.3 Å². The summed E-state index contributed by atoms with van der Waals surface area (Å²) in [5.41, 5.74) is -1.34. The van der Waals surface area contributed by atoms with Crippen LogP contribution in [0.3, 0.4) is 0 Å². The first-order chi connectivity index (χ1) is 10.6. The summed E-state index contributed by atoms with van der Waals surface area (Å²) in [7, 11) is -3.68. The van der Waals surface area contributed by atoms with Crippen LogP contribution in [0.15, 0.2) is 58.3 Å². The Morgan fingerprint density at radius 1 is 1.09 bits per heavy atom. The van der Waals surface area contributed by atoms with Crippen LogP contribution in [-0.2, 0) is 14.6 Å². The lowest BCUT2D eigenvalue weighted by Gasteiger charge is -2.17. The average molecular weight is 354 g/mol. The molecule has 0 saturated carbocycles. The van der Waals surface area contributed by atoms with E-state index >= 15 is 0 Å². The molecule has 0 spiro atoms. The van der Waals surface area contributed by atoms with E-state index in [1.54, 1.807) is 18.2 Å². The highest BCUT2D eigenvalue weighted by molar-refractivity contribution is 7.91. The molecule has 0 aliphatic carbocycles. The molecule has 1 amide bonds. The Morgan fingerprint density at radius 2 is 1.70 bits per heavy atom. The maximum absolute atomic E-state index is 12.5. The van der Waals surface area contributed by atoms with Crippen LogP contribution >= 0.6 is 11.6 Å². The van der Waals surface area contributed by atoms with E-state index in [-0.39, 0.29) is 20.5 Å². The second-order valence-corrected chi connectivity index (χ2v) is 7.83. The monoisotopic (exact) mass is 353 g/mol. The summed E-state index contributed by atoms with van der Waals surface area (Å²) >= 11 is 6.06. The van der Waals surface area contributed by atoms with Crippen LogP contribution in [0.4, 0.5) is 5.69 Å². The summed E-state index contributed by atoms with van der Waals surface area (Å²) in [6.45, 7) is 2.68. The van der Waals surface area contributed by atoms with Gasteiger partial charge in [0.15, 0.2) is 0 Å². The Kier molecular flexibility index (Phi) is 4.79. The van der Waals surface area contributed by atoms with Crippen molar-refractivity contribution in [3.63, 3.8) is 0 Å². The summed E-state index contributed by atoms with van der Waals surface area (Å²) in [5.74, 6) is -0.641. The minimum absolute atomic E-state index is 0.0231. The number of rotatable bonds is 4. The number of benzene rings is 2. The third-order valence-corrected chi connectivity index (χ3v) is 5.19. The zero-order chi connectivity index (χ0) is 17.3. The maximum atomic E-state index is 12.5. The molecule has 0 atom stereocenters. The number of anilines is 1. The van der Waals surface area contributed by atoms with Gasteiger partial charge in [0, 0.05) is 0 Å². The molecule has 122 valence electrons. The predicted octanol–water partition coefficient (Wildman–Crippen LogP) is 2.88. The predicted molar refractivity (Wildman–Crippen MR) is 88.3 cm³/mol.